The highest BCUT2D eigenvalue weighted by Crippen LogP contribution is 2.28. The van der Waals surface area contributed by atoms with Crippen LogP contribution in [0.1, 0.15) is 25.0 Å². The van der Waals surface area contributed by atoms with Gasteiger partial charge in [-0.25, -0.2) is 0 Å². The van der Waals surface area contributed by atoms with Crippen molar-refractivity contribution in [1.82, 2.24) is 0 Å². The number of nitrogens with one attached hydrogen (secondary N) is 1. The van der Waals surface area contributed by atoms with Crippen LogP contribution in [-0.4, -0.2) is 18.6 Å². The monoisotopic (exact) mass is 435 g/mol. The molecule has 1 N–H and O–H groups in total. The molecular weight excluding hydrogens is 406 g/mol. The van der Waals surface area contributed by atoms with E-state index in [0.717, 1.165) is 11.1 Å². The minimum Gasteiger partial charge on any atom is -0.376 e. The first-order chi connectivity index (χ1) is 15.0. The van der Waals surface area contributed by atoms with Crippen LogP contribution in [0.5, 0.6) is 0 Å². The molecule has 1 amide bonds. The number of hydrogen-bond acceptors (Lipinski definition) is 4. The van der Waals surface area contributed by atoms with Gasteiger partial charge in [0.1, 0.15) is 6.10 Å². The second-order valence-electron chi connectivity index (χ2n) is 8.15. The van der Waals surface area contributed by atoms with Crippen LogP contribution in [0.3, 0.4) is 0 Å². The summed E-state index contributed by atoms with van der Waals surface area (Å²) < 4.78 is 12.1. The van der Waals surface area contributed by atoms with Crippen LogP contribution in [0.4, 0.5) is 5.69 Å². The molecule has 162 valence electrons. The first-order valence-electron chi connectivity index (χ1n) is 10.3. The number of carbonyl (C=O) groups is 1. The molecule has 0 aliphatic carbocycles. The van der Waals surface area contributed by atoms with Crippen LogP contribution in [0.15, 0.2) is 89.8 Å². The lowest BCUT2D eigenvalue weighted by Crippen LogP contribution is -2.45. The predicted molar refractivity (Wildman–Crippen MR) is 127 cm³/mol. The average molecular weight is 436 g/mol. The fraction of sp³-hybridized carbons (Fsp3) is 0.269. The lowest BCUT2D eigenvalue weighted by molar-refractivity contribution is -0.141. The minimum absolute atomic E-state index is 0.217. The van der Waals surface area contributed by atoms with Crippen molar-refractivity contribution in [2.75, 3.05) is 11.9 Å². The first kappa shape index (κ1) is 23.1. The van der Waals surface area contributed by atoms with E-state index in [1.54, 1.807) is 0 Å². The average Bonchev–Trinajstić information content (AvgIpc) is 2.77. The number of para-hydroxylation sites is 1. The van der Waals surface area contributed by atoms with Gasteiger partial charge in [0.2, 0.25) is 0 Å². The quantitative estimate of drug-likeness (QED) is 0.399. The predicted octanol–water partition coefficient (Wildman–Crippen LogP) is 5.74. The molecule has 3 rings (SSSR count). The molecule has 0 heterocycles. The molecule has 0 aliphatic heterocycles. The van der Waals surface area contributed by atoms with Gasteiger partial charge in [0, 0.05) is 10.3 Å². The van der Waals surface area contributed by atoms with Crippen LogP contribution in [0.2, 0.25) is 0 Å². The third-order valence-electron chi connectivity index (χ3n) is 4.95. The number of rotatable bonds is 10. The van der Waals surface area contributed by atoms with Gasteiger partial charge in [0.05, 0.1) is 25.5 Å². The van der Waals surface area contributed by atoms with E-state index in [2.05, 4.69) is 17.9 Å². The van der Waals surface area contributed by atoms with Crippen molar-refractivity contribution in [2.45, 2.75) is 38.1 Å². The van der Waals surface area contributed by atoms with Crippen LogP contribution < -0.4 is 5.32 Å². The first-order valence-corrected chi connectivity index (χ1v) is 10.8. The van der Waals surface area contributed by atoms with Crippen LogP contribution in [-0.2, 0) is 27.5 Å². The number of thiol groups is 1. The fourth-order valence-corrected chi connectivity index (χ4v) is 3.49. The summed E-state index contributed by atoms with van der Waals surface area (Å²) in [5.41, 5.74) is 2.20. The molecule has 0 aliphatic rings. The number of hydrogen-bond donors (Lipinski definition) is 2. The Balaban J connectivity index is 1.71. The van der Waals surface area contributed by atoms with Crippen molar-refractivity contribution in [3.63, 3.8) is 0 Å². The molecule has 0 saturated heterocycles. The van der Waals surface area contributed by atoms with Gasteiger partial charge in [0.15, 0.2) is 0 Å². The minimum atomic E-state index is -0.712. The lowest BCUT2D eigenvalue weighted by Gasteiger charge is -2.33. The van der Waals surface area contributed by atoms with E-state index in [1.165, 1.54) is 0 Å². The number of anilines is 1. The summed E-state index contributed by atoms with van der Waals surface area (Å²) in [5, 5.41) is 2.96. The molecule has 3 aromatic rings. The van der Waals surface area contributed by atoms with Crippen molar-refractivity contribution >= 4 is 24.2 Å². The SMILES string of the molecule is CC(C)(COCc1ccccc1)C(OCc1ccccc1)C(=O)Nc1ccccc1S. The number of ether oxygens (including phenoxy) is 2. The second-order valence-corrected chi connectivity index (χ2v) is 8.63. The highest BCUT2D eigenvalue weighted by atomic mass is 32.1. The Morgan fingerprint density at radius 1 is 0.871 bits per heavy atom. The van der Waals surface area contributed by atoms with Gasteiger partial charge in [-0.15, -0.1) is 12.6 Å². The molecule has 0 fully saturated rings. The number of benzene rings is 3. The Bertz CT molecular complexity index is 961. The molecule has 4 nitrogen and oxygen atoms in total. The fourth-order valence-electron chi connectivity index (χ4n) is 3.27. The zero-order chi connectivity index (χ0) is 22.1. The highest BCUT2D eigenvalue weighted by molar-refractivity contribution is 7.80. The summed E-state index contributed by atoms with van der Waals surface area (Å²) in [5.74, 6) is -0.217. The molecule has 31 heavy (non-hydrogen) atoms. The van der Waals surface area contributed by atoms with E-state index >= 15 is 0 Å². The summed E-state index contributed by atoms with van der Waals surface area (Å²) >= 11 is 4.44. The van der Waals surface area contributed by atoms with Crippen molar-refractivity contribution in [3.05, 3.63) is 96.1 Å². The van der Waals surface area contributed by atoms with Gasteiger partial charge in [0.25, 0.3) is 5.91 Å². The van der Waals surface area contributed by atoms with E-state index in [-0.39, 0.29) is 5.91 Å². The summed E-state index contributed by atoms with van der Waals surface area (Å²) in [6, 6.07) is 27.2. The molecule has 0 spiro atoms. The van der Waals surface area contributed by atoms with Crippen molar-refractivity contribution in [3.8, 4) is 0 Å². The molecule has 0 aromatic heterocycles. The van der Waals surface area contributed by atoms with Gasteiger partial charge >= 0.3 is 0 Å². The second kappa shape index (κ2) is 11.1. The number of carbonyl (C=O) groups excluding carboxylic acids is 1. The molecular formula is C26H29NO3S. The number of amides is 1. The van der Waals surface area contributed by atoms with Crippen molar-refractivity contribution in [2.24, 2.45) is 5.41 Å². The Morgan fingerprint density at radius 3 is 2.03 bits per heavy atom. The topological polar surface area (TPSA) is 47.6 Å². The Morgan fingerprint density at radius 2 is 1.42 bits per heavy atom. The molecule has 1 unspecified atom stereocenters. The zero-order valence-electron chi connectivity index (χ0n) is 18.0. The molecule has 1 atom stereocenters. The Labute approximate surface area is 190 Å². The standard InChI is InChI=1S/C26H29NO3S/c1-26(2,19-29-17-20-11-5-3-6-12-20)24(30-18-21-13-7-4-8-14-21)25(28)27-22-15-9-10-16-23(22)31/h3-16,24,31H,17-19H2,1-2H3,(H,27,28). The van der Waals surface area contributed by atoms with Gasteiger partial charge in [-0.1, -0.05) is 86.6 Å². The normalized spacial score (nSPS) is 12.4. The third-order valence-corrected chi connectivity index (χ3v) is 5.34. The van der Waals surface area contributed by atoms with E-state index in [0.29, 0.717) is 30.4 Å². The van der Waals surface area contributed by atoms with E-state index in [9.17, 15) is 4.79 Å². The van der Waals surface area contributed by atoms with Crippen LogP contribution in [0, 0.1) is 5.41 Å². The van der Waals surface area contributed by atoms with Crippen molar-refractivity contribution in [1.29, 1.82) is 0 Å². The Hall–Kier alpha value is -2.60. The van der Waals surface area contributed by atoms with Gasteiger partial charge in [-0.3, -0.25) is 4.79 Å². The molecule has 0 saturated carbocycles. The summed E-state index contributed by atoms with van der Waals surface area (Å²) in [4.78, 5) is 13.9. The van der Waals surface area contributed by atoms with Gasteiger partial charge in [-0.05, 0) is 23.3 Å². The largest absolute Gasteiger partial charge is 0.376 e. The summed E-state index contributed by atoms with van der Waals surface area (Å²) in [7, 11) is 0. The maximum atomic E-state index is 13.2. The lowest BCUT2D eigenvalue weighted by atomic mass is 9.86. The highest BCUT2D eigenvalue weighted by Gasteiger charge is 2.37. The van der Waals surface area contributed by atoms with Gasteiger partial charge < -0.3 is 14.8 Å². The molecule has 0 radical (unpaired) electrons. The van der Waals surface area contributed by atoms with Crippen LogP contribution >= 0.6 is 12.6 Å². The third kappa shape index (κ3) is 6.96. The molecule has 5 heteroatoms. The zero-order valence-corrected chi connectivity index (χ0v) is 18.8. The summed E-state index contributed by atoms with van der Waals surface area (Å²) in [6.45, 7) is 5.16. The maximum absolute atomic E-state index is 13.2. The van der Waals surface area contributed by atoms with Crippen LogP contribution in [0.25, 0.3) is 0 Å². The summed E-state index contributed by atoms with van der Waals surface area (Å²) in [6.07, 6.45) is -0.712. The van der Waals surface area contributed by atoms with E-state index < -0.39 is 11.5 Å². The van der Waals surface area contributed by atoms with E-state index in [1.807, 2.05) is 98.8 Å². The molecule has 0 bridgehead atoms. The van der Waals surface area contributed by atoms with Gasteiger partial charge in [-0.2, -0.15) is 0 Å². The Kier molecular flexibility index (Phi) is 8.29. The smallest absolute Gasteiger partial charge is 0.254 e. The van der Waals surface area contributed by atoms with Crippen molar-refractivity contribution < 1.29 is 14.3 Å². The maximum Gasteiger partial charge on any atom is 0.254 e. The molecule has 3 aromatic carbocycles. The van der Waals surface area contributed by atoms with E-state index in [4.69, 9.17) is 9.47 Å².